The van der Waals surface area contributed by atoms with Gasteiger partial charge in [0.05, 0.1) is 11.7 Å². The van der Waals surface area contributed by atoms with Crippen LogP contribution in [0.5, 0.6) is 17.4 Å². The molecule has 0 amide bonds. The van der Waals surface area contributed by atoms with Gasteiger partial charge in [-0.15, -0.1) is 0 Å². The van der Waals surface area contributed by atoms with E-state index in [0.29, 0.717) is 28.1 Å². The highest BCUT2D eigenvalue weighted by atomic mass is 16.5. The molecule has 6 heteroatoms. The van der Waals surface area contributed by atoms with E-state index >= 15 is 0 Å². The topological polar surface area (TPSA) is 92.5 Å². The van der Waals surface area contributed by atoms with Crippen LogP contribution in [0.3, 0.4) is 0 Å². The Labute approximate surface area is 125 Å². The zero-order chi connectivity index (χ0) is 15.7. The molecule has 0 saturated heterocycles. The number of aromatic hydroxyl groups is 1. The average Bonchev–Trinajstić information content (AvgIpc) is 2.50. The van der Waals surface area contributed by atoms with Crippen molar-refractivity contribution in [3.05, 3.63) is 53.9 Å². The fourth-order valence-corrected chi connectivity index (χ4v) is 2.07. The van der Waals surface area contributed by atoms with Gasteiger partial charge in [-0.3, -0.25) is 0 Å². The summed E-state index contributed by atoms with van der Waals surface area (Å²) >= 11 is 0. The van der Waals surface area contributed by atoms with Crippen molar-refractivity contribution in [1.82, 2.24) is 9.97 Å². The molecular weight excluding hydrogens is 284 g/mol. The molecule has 0 radical (unpaired) electrons. The largest absolute Gasteiger partial charge is 0.505 e. The Morgan fingerprint density at radius 2 is 1.95 bits per heavy atom. The van der Waals surface area contributed by atoms with Gasteiger partial charge in [-0.05, 0) is 25.1 Å². The number of aryl methyl sites for hydroxylation is 1. The first-order valence-electron chi connectivity index (χ1n) is 6.52. The lowest BCUT2D eigenvalue weighted by atomic mass is 10.1. The number of carboxylic acid groups (broad SMARTS) is 1. The highest BCUT2D eigenvalue weighted by Gasteiger charge is 2.17. The molecule has 2 N–H and O–H groups in total. The summed E-state index contributed by atoms with van der Waals surface area (Å²) < 4.78 is 5.70. The van der Waals surface area contributed by atoms with Gasteiger partial charge in [0.15, 0.2) is 11.4 Å². The van der Waals surface area contributed by atoms with Gasteiger partial charge in [0.1, 0.15) is 5.75 Å². The number of carbonyl (C=O) groups is 1. The quantitative estimate of drug-likeness (QED) is 0.771. The molecule has 6 nitrogen and oxygen atoms in total. The van der Waals surface area contributed by atoms with Gasteiger partial charge in [0.25, 0.3) is 0 Å². The van der Waals surface area contributed by atoms with Gasteiger partial charge >= 0.3 is 5.97 Å². The predicted molar refractivity (Wildman–Crippen MR) is 79.4 cm³/mol. The number of hydrogen-bond donors (Lipinski definition) is 2. The summed E-state index contributed by atoms with van der Waals surface area (Å²) in [5.74, 6) is -0.673. The molecule has 1 aromatic carbocycles. The lowest BCUT2D eigenvalue weighted by Crippen LogP contribution is -2.02. The van der Waals surface area contributed by atoms with Crippen molar-refractivity contribution < 1.29 is 19.7 Å². The monoisotopic (exact) mass is 296 g/mol. The number of para-hydroxylation sites is 1. The molecule has 3 rings (SSSR count). The molecule has 0 aliphatic carbocycles. The normalized spacial score (nSPS) is 10.6. The maximum atomic E-state index is 11.0. The summed E-state index contributed by atoms with van der Waals surface area (Å²) in [4.78, 5) is 19.0. The number of nitrogens with zero attached hydrogens (tertiary/aromatic N) is 2. The molecule has 0 aliphatic heterocycles. The first-order chi connectivity index (χ1) is 10.6. The molecule has 0 atom stereocenters. The van der Waals surface area contributed by atoms with Crippen molar-refractivity contribution in [1.29, 1.82) is 0 Å². The standard InChI is InChI=1S/C16H12N2O4/c1-9-7-11-12(8-17-13(14(11)19)16(20)21)18-15(9)22-10-5-3-2-4-6-10/h2-8,19H,1H3,(H,20,21). The van der Waals surface area contributed by atoms with Gasteiger partial charge < -0.3 is 14.9 Å². The third-order valence-corrected chi connectivity index (χ3v) is 3.15. The van der Waals surface area contributed by atoms with E-state index in [1.807, 2.05) is 18.2 Å². The maximum Gasteiger partial charge on any atom is 0.358 e. The van der Waals surface area contributed by atoms with Crippen molar-refractivity contribution >= 4 is 16.9 Å². The number of fused-ring (bicyclic) bond motifs is 1. The number of pyridine rings is 2. The van der Waals surface area contributed by atoms with E-state index in [9.17, 15) is 9.90 Å². The molecule has 0 bridgehead atoms. The molecule has 0 spiro atoms. The van der Waals surface area contributed by atoms with E-state index in [4.69, 9.17) is 9.84 Å². The first-order valence-corrected chi connectivity index (χ1v) is 6.52. The van der Waals surface area contributed by atoms with Gasteiger partial charge in [-0.2, -0.15) is 0 Å². The van der Waals surface area contributed by atoms with E-state index in [1.165, 1.54) is 6.20 Å². The van der Waals surface area contributed by atoms with Crippen molar-refractivity contribution in [2.45, 2.75) is 6.92 Å². The predicted octanol–water partition coefficient (Wildman–Crippen LogP) is 3.13. The molecular formula is C16H12N2O4. The Morgan fingerprint density at radius 3 is 2.64 bits per heavy atom. The molecule has 2 heterocycles. The minimum absolute atomic E-state index is 0.324. The number of aromatic carboxylic acids is 1. The fourth-order valence-electron chi connectivity index (χ4n) is 2.07. The van der Waals surface area contributed by atoms with E-state index < -0.39 is 17.4 Å². The highest BCUT2D eigenvalue weighted by Crippen LogP contribution is 2.31. The molecule has 0 aliphatic rings. The number of aromatic nitrogens is 2. The number of carboxylic acids is 1. The number of ether oxygens (including phenoxy) is 1. The average molecular weight is 296 g/mol. The number of benzene rings is 1. The Balaban J connectivity index is 2.10. The Bertz CT molecular complexity index is 863. The second-order valence-corrected chi connectivity index (χ2v) is 4.72. The van der Waals surface area contributed by atoms with E-state index in [-0.39, 0.29) is 0 Å². The molecule has 22 heavy (non-hydrogen) atoms. The van der Waals surface area contributed by atoms with E-state index in [0.717, 1.165) is 0 Å². The highest BCUT2D eigenvalue weighted by molar-refractivity contribution is 5.97. The molecule has 2 aromatic heterocycles. The Kier molecular flexibility index (Phi) is 3.34. The fraction of sp³-hybridized carbons (Fsp3) is 0.0625. The Morgan fingerprint density at radius 1 is 1.23 bits per heavy atom. The third kappa shape index (κ3) is 2.42. The van der Waals surface area contributed by atoms with Crippen LogP contribution in [-0.2, 0) is 0 Å². The summed E-state index contributed by atoms with van der Waals surface area (Å²) in [6, 6.07) is 10.8. The van der Waals surface area contributed by atoms with Crippen LogP contribution in [0.2, 0.25) is 0 Å². The zero-order valence-corrected chi connectivity index (χ0v) is 11.6. The van der Waals surface area contributed by atoms with Gasteiger partial charge in [0.2, 0.25) is 5.88 Å². The van der Waals surface area contributed by atoms with Crippen LogP contribution in [0, 0.1) is 6.92 Å². The summed E-state index contributed by atoms with van der Waals surface area (Å²) in [6.07, 6.45) is 1.30. The van der Waals surface area contributed by atoms with E-state index in [2.05, 4.69) is 9.97 Å². The van der Waals surface area contributed by atoms with Crippen LogP contribution in [0.4, 0.5) is 0 Å². The molecule has 0 unspecified atom stereocenters. The molecule has 3 aromatic rings. The van der Waals surface area contributed by atoms with Crippen LogP contribution in [0.1, 0.15) is 16.1 Å². The summed E-state index contributed by atoms with van der Waals surface area (Å²) in [7, 11) is 0. The van der Waals surface area contributed by atoms with Crippen LogP contribution in [0.25, 0.3) is 10.9 Å². The minimum atomic E-state index is -1.29. The second kappa shape index (κ2) is 5.33. The van der Waals surface area contributed by atoms with Crippen LogP contribution in [-0.4, -0.2) is 26.2 Å². The smallest absolute Gasteiger partial charge is 0.358 e. The Hall–Kier alpha value is -3.15. The summed E-state index contributed by atoms with van der Waals surface area (Å²) in [5.41, 5.74) is 0.638. The zero-order valence-electron chi connectivity index (χ0n) is 11.6. The second-order valence-electron chi connectivity index (χ2n) is 4.72. The number of rotatable bonds is 3. The first kappa shape index (κ1) is 13.8. The molecule has 0 saturated carbocycles. The van der Waals surface area contributed by atoms with Gasteiger partial charge in [-0.25, -0.2) is 14.8 Å². The third-order valence-electron chi connectivity index (χ3n) is 3.15. The van der Waals surface area contributed by atoms with Gasteiger partial charge in [0, 0.05) is 10.9 Å². The van der Waals surface area contributed by atoms with Crippen molar-refractivity contribution in [3.8, 4) is 17.4 Å². The van der Waals surface area contributed by atoms with Crippen LogP contribution < -0.4 is 4.74 Å². The number of hydrogen-bond acceptors (Lipinski definition) is 5. The van der Waals surface area contributed by atoms with E-state index in [1.54, 1.807) is 25.1 Å². The van der Waals surface area contributed by atoms with Crippen molar-refractivity contribution in [3.63, 3.8) is 0 Å². The molecule has 110 valence electrons. The SMILES string of the molecule is Cc1cc2c(O)c(C(=O)O)ncc2nc1Oc1ccccc1. The maximum absolute atomic E-state index is 11.0. The van der Waals surface area contributed by atoms with Gasteiger partial charge in [-0.1, -0.05) is 18.2 Å². The summed E-state index contributed by atoms with van der Waals surface area (Å²) in [5, 5.41) is 19.3. The van der Waals surface area contributed by atoms with Crippen molar-refractivity contribution in [2.75, 3.05) is 0 Å². The minimum Gasteiger partial charge on any atom is -0.505 e. The van der Waals surface area contributed by atoms with Crippen LogP contribution in [0.15, 0.2) is 42.6 Å². The van der Waals surface area contributed by atoms with Crippen molar-refractivity contribution in [2.24, 2.45) is 0 Å². The molecule has 0 fully saturated rings. The summed E-state index contributed by atoms with van der Waals surface area (Å²) in [6.45, 7) is 1.77. The lowest BCUT2D eigenvalue weighted by molar-refractivity contribution is 0.0687. The van der Waals surface area contributed by atoms with Crippen LogP contribution >= 0.6 is 0 Å². The lowest BCUT2D eigenvalue weighted by Gasteiger charge is -2.10.